The predicted molar refractivity (Wildman–Crippen MR) is 119 cm³/mol. The number of anilines is 3. The number of nitrogens with two attached hydrogens (primary N) is 1. The number of rotatable bonds is 5. The minimum absolute atomic E-state index is 0. The molecule has 2 aromatic heterocycles. The third kappa shape index (κ3) is 3.95. The van der Waals surface area contributed by atoms with Gasteiger partial charge in [-0.05, 0) is 24.3 Å². The molecule has 0 unspecified atom stereocenters. The van der Waals surface area contributed by atoms with Gasteiger partial charge in [0, 0.05) is 35.2 Å². The Kier molecular flexibility index (Phi) is 5.08. The number of amides is 1. The fourth-order valence-electron chi connectivity index (χ4n) is 2.75. The molecule has 0 atom stereocenters. The van der Waals surface area contributed by atoms with Gasteiger partial charge in [0.1, 0.15) is 0 Å². The van der Waals surface area contributed by atoms with Gasteiger partial charge in [0.2, 0.25) is 0 Å². The smallest absolute Gasteiger partial charge is 0.320 e. The van der Waals surface area contributed by atoms with E-state index in [2.05, 4.69) is 25.5 Å². The molecule has 4 rings (SSSR count). The van der Waals surface area contributed by atoms with Crippen molar-refractivity contribution in [2.45, 2.75) is 0 Å². The quantitative estimate of drug-likeness (QED) is 0.509. The van der Waals surface area contributed by atoms with E-state index in [1.165, 1.54) is 4.90 Å². The molecule has 0 saturated carbocycles. The Morgan fingerprint density at radius 2 is 1.80 bits per heavy atom. The van der Waals surface area contributed by atoms with Crippen molar-refractivity contribution < 1.29 is 13.5 Å². The molecule has 2 heterocycles. The number of para-hydroxylation sites is 1. The average Bonchev–Trinajstić information content (AvgIpc) is 3.22. The van der Waals surface area contributed by atoms with Crippen molar-refractivity contribution in [1.82, 2.24) is 25.1 Å². The summed E-state index contributed by atoms with van der Waals surface area (Å²) in [5.41, 5.74) is 9.02. The van der Waals surface area contributed by atoms with Gasteiger partial charge < -0.3 is 20.4 Å². The Labute approximate surface area is 177 Å². The van der Waals surface area contributed by atoms with Crippen LogP contribution in [0, 0.1) is 0 Å². The van der Waals surface area contributed by atoms with E-state index in [4.69, 9.17) is 10.2 Å². The van der Waals surface area contributed by atoms with Crippen LogP contribution in [0.5, 0.6) is 0 Å². The van der Waals surface area contributed by atoms with Gasteiger partial charge >= 0.3 is 6.01 Å². The molecular weight excluding hydrogens is 382 g/mol. The summed E-state index contributed by atoms with van der Waals surface area (Å²) in [5, 5.41) is 11.0. The van der Waals surface area contributed by atoms with Gasteiger partial charge in [0.05, 0.1) is 11.9 Å². The molecule has 9 nitrogen and oxygen atoms in total. The summed E-state index contributed by atoms with van der Waals surface area (Å²) < 4.78 is 5.66. The molecule has 0 aliphatic rings. The second kappa shape index (κ2) is 8.00. The molecule has 0 aliphatic heterocycles. The summed E-state index contributed by atoms with van der Waals surface area (Å²) >= 11 is 0. The Hall–Kier alpha value is -4.27. The number of nitrogens with one attached hydrogen (secondary N) is 1. The van der Waals surface area contributed by atoms with Crippen LogP contribution in [-0.2, 0) is 0 Å². The van der Waals surface area contributed by atoms with Crippen molar-refractivity contribution in [3.05, 3.63) is 66.4 Å². The highest BCUT2D eigenvalue weighted by atomic mass is 16.4. The van der Waals surface area contributed by atoms with Gasteiger partial charge in [0.25, 0.3) is 11.8 Å². The summed E-state index contributed by atoms with van der Waals surface area (Å²) in [4.78, 5) is 22.3. The highest BCUT2D eigenvalue weighted by molar-refractivity contribution is 5.94. The lowest BCUT2D eigenvalue weighted by atomic mass is 10.1. The normalized spacial score (nSPS) is 10.6. The van der Waals surface area contributed by atoms with Gasteiger partial charge in [-0.1, -0.05) is 35.4 Å². The zero-order valence-corrected chi connectivity index (χ0v) is 16.4. The average molecular weight is 407 g/mol. The molecular formula is C21H25N7O2. The van der Waals surface area contributed by atoms with Crippen LogP contribution in [0.4, 0.5) is 17.5 Å². The summed E-state index contributed by atoms with van der Waals surface area (Å²) in [6.45, 7) is 0. The first-order valence-corrected chi connectivity index (χ1v) is 9.12. The van der Waals surface area contributed by atoms with Gasteiger partial charge in [-0.2, -0.15) is 0 Å². The van der Waals surface area contributed by atoms with Crippen LogP contribution in [-0.4, -0.2) is 45.1 Å². The lowest BCUT2D eigenvalue weighted by molar-refractivity contribution is 0.0827. The first kappa shape index (κ1) is 19.1. The van der Waals surface area contributed by atoms with E-state index in [9.17, 15) is 4.79 Å². The predicted octanol–water partition coefficient (Wildman–Crippen LogP) is 3.96. The third-order valence-electron chi connectivity index (χ3n) is 4.29. The maximum Gasteiger partial charge on any atom is 0.320 e. The maximum atomic E-state index is 12.1. The number of carbonyl (C=O) groups excluding carboxylic acids is 1. The molecule has 2 aromatic carbocycles. The van der Waals surface area contributed by atoms with Gasteiger partial charge in [-0.3, -0.25) is 4.79 Å². The number of carbonyl (C=O) groups is 1. The minimum Gasteiger partial charge on any atom is -0.401 e. The van der Waals surface area contributed by atoms with Crippen molar-refractivity contribution >= 4 is 23.4 Å². The lowest BCUT2D eigenvalue weighted by Gasteiger charge is -2.10. The summed E-state index contributed by atoms with van der Waals surface area (Å²) in [7, 11) is 3.42. The van der Waals surface area contributed by atoms with E-state index in [1.54, 1.807) is 44.6 Å². The Balaban J connectivity index is 0.00000181. The number of nitrogens with zero attached hydrogens (tertiary/aromatic N) is 5. The number of aromatic nitrogens is 4. The maximum absolute atomic E-state index is 12.1. The first-order chi connectivity index (χ1) is 14.5. The highest BCUT2D eigenvalue weighted by Gasteiger charge is 2.16. The van der Waals surface area contributed by atoms with Crippen molar-refractivity contribution in [2.75, 3.05) is 25.1 Å². The van der Waals surface area contributed by atoms with Crippen molar-refractivity contribution in [1.29, 1.82) is 0 Å². The van der Waals surface area contributed by atoms with E-state index < -0.39 is 0 Å². The summed E-state index contributed by atoms with van der Waals surface area (Å²) in [5.74, 6) is 0.252. The molecule has 30 heavy (non-hydrogen) atoms. The van der Waals surface area contributed by atoms with Gasteiger partial charge in [-0.15, -0.1) is 5.10 Å². The van der Waals surface area contributed by atoms with E-state index in [0.29, 0.717) is 11.3 Å². The van der Waals surface area contributed by atoms with E-state index >= 15 is 0 Å². The fourth-order valence-corrected chi connectivity index (χ4v) is 2.75. The van der Waals surface area contributed by atoms with Crippen molar-refractivity contribution in [3.8, 4) is 22.8 Å². The Bertz CT molecular complexity index is 1190. The van der Waals surface area contributed by atoms with Crippen molar-refractivity contribution in [3.63, 3.8) is 0 Å². The van der Waals surface area contributed by atoms with Gasteiger partial charge in [0.15, 0.2) is 11.5 Å². The fraction of sp³-hybridized carbons (Fsp3) is 0.0952. The van der Waals surface area contributed by atoms with E-state index in [1.807, 2.05) is 30.3 Å². The van der Waals surface area contributed by atoms with E-state index in [0.717, 1.165) is 11.3 Å². The molecule has 0 aliphatic carbocycles. The highest BCUT2D eigenvalue weighted by Crippen LogP contribution is 2.27. The second-order valence-corrected chi connectivity index (χ2v) is 6.67. The molecule has 0 bridgehead atoms. The van der Waals surface area contributed by atoms with Crippen LogP contribution in [0.3, 0.4) is 0 Å². The topological polar surface area (TPSA) is 123 Å². The molecule has 0 saturated heterocycles. The largest absolute Gasteiger partial charge is 0.401 e. The molecule has 0 fully saturated rings. The molecule has 3 N–H and O–H groups in total. The SMILES string of the molecule is CN(C)C(=O)c1ccc(-c2cnc(N)c(-c3nnc(Nc4ccccc4)o3)n2)cc1.[HH].[HH].[HH]. The monoisotopic (exact) mass is 407 g/mol. The zero-order valence-electron chi connectivity index (χ0n) is 16.4. The van der Waals surface area contributed by atoms with Crippen LogP contribution in [0.2, 0.25) is 0 Å². The molecule has 4 aromatic rings. The van der Waals surface area contributed by atoms with Crippen molar-refractivity contribution in [2.24, 2.45) is 0 Å². The number of nitrogen functional groups attached to an aromatic ring is 1. The molecule has 0 radical (unpaired) electrons. The van der Waals surface area contributed by atoms with E-state index in [-0.39, 0.29) is 33.6 Å². The molecule has 1 amide bonds. The van der Waals surface area contributed by atoms with Crippen LogP contribution in [0.1, 0.15) is 14.6 Å². The standard InChI is InChI=1S/C21H19N7O2.3H2/c1-28(2)20(29)14-10-8-13(9-11-14)16-12-23-18(22)17(25-16)19-26-27-21(30-19)24-15-6-4-3-5-7-15;;;/h3-12H,1-2H3,(H2,22,23)(H,24,27);3*1H. The summed E-state index contributed by atoms with van der Waals surface area (Å²) in [6, 6.07) is 16.8. The lowest BCUT2D eigenvalue weighted by Crippen LogP contribution is -2.21. The summed E-state index contributed by atoms with van der Waals surface area (Å²) in [6.07, 6.45) is 1.56. The molecule has 0 spiro atoms. The third-order valence-corrected chi connectivity index (χ3v) is 4.29. The van der Waals surface area contributed by atoms with Crippen LogP contribution < -0.4 is 11.1 Å². The Morgan fingerprint density at radius 1 is 1.07 bits per heavy atom. The molecule has 9 heteroatoms. The molecule has 156 valence electrons. The van der Waals surface area contributed by atoms with Gasteiger partial charge in [-0.25, -0.2) is 9.97 Å². The number of hydrogen-bond acceptors (Lipinski definition) is 8. The number of benzene rings is 2. The van der Waals surface area contributed by atoms with Crippen LogP contribution in [0.25, 0.3) is 22.8 Å². The second-order valence-electron chi connectivity index (χ2n) is 6.67. The Morgan fingerprint density at radius 3 is 2.50 bits per heavy atom. The number of hydrogen-bond donors (Lipinski definition) is 2. The first-order valence-electron chi connectivity index (χ1n) is 9.12. The zero-order chi connectivity index (χ0) is 21.1. The van der Waals surface area contributed by atoms with Crippen LogP contribution >= 0.6 is 0 Å². The van der Waals surface area contributed by atoms with Crippen LogP contribution in [0.15, 0.2) is 65.2 Å². The minimum atomic E-state index is -0.0741.